The maximum absolute atomic E-state index is 16.1. The molecular weight excluding hydrogens is 606 g/mol. The van der Waals surface area contributed by atoms with Crippen molar-refractivity contribution in [3.8, 4) is 28.1 Å². The summed E-state index contributed by atoms with van der Waals surface area (Å²) in [5.41, 5.74) is 3.15. The van der Waals surface area contributed by atoms with Crippen LogP contribution in [0, 0.1) is 11.7 Å². The average molecular weight is 636 g/mol. The molecule has 0 spiro atoms. The number of amides is 1. The van der Waals surface area contributed by atoms with E-state index in [0.717, 1.165) is 11.3 Å². The van der Waals surface area contributed by atoms with E-state index in [1.165, 1.54) is 27.7 Å². The van der Waals surface area contributed by atoms with E-state index in [9.17, 15) is 9.59 Å². The minimum Gasteiger partial charge on any atom is -0.323 e. The maximum Gasteiger partial charge on any atom is 0.251 e. The summed E-state index contributed by atoms with van der Waals surface area (Å²) in [5.74, 6) is -1.03. The third kappa shape index (κ3) is 5.65. The van der Waals surface area contributed by atoms with Crippen molar-refractivity contribution in [1.82, 2.24) is 34.3 Å². The first-order valence-electron chi connectivity index (χ1n) is 14.2. The van der Waals surface area contributed by atoms with E-state index >= 15 is 4.39 Å². The lowest BCUT2D eigenvalue weighted by atomic mass is 9.96. The fourth-order valence-electron chi connectivity index (χ4n) is 5.60. The van der Waals surface area contributed by atoms with E-state index in [-0.39, 0.29) is 28.6 Å². The van der Waals surface area contributed by atoms with Crippen LogP contribution < -0.4 is 10.9 Å². The minimum atomic E-state index is -0.630. The van der Waals surface area contributed by atoms with Gasteiger partial charge in [0.05, 0.1) is 41.2 Å². The summed E-state index contributed by atoms with van der Waals surface area (Å²) in [5, 5.41) is 15.9. The average Bonchev–Trinajstić information content (AvgIpc) is 3.62. The van der Waals surface area contributed by atoms with Crippen molar-refractivity contribution in [2.45, 2.75) is 52.1 Å². The van der Waals surface area contributed by atoms with Crippen LogP contribution in [0.25, 0.3) is 28.1 Å². The molecule has 1 aliphatic heterocycles. The second-order valence-electron chi connectivity index (χ2n) is 11.2. The molecule has 1 aliphatic rings. The molecule has 0 saturated heterocycles. The Kier molecular flexibility index (Phi) is 8.08. The van der Waals surface area contributed by atoms with Crippen LogP contribution in [0.1, 0.15) is 57.8 Å². The Morgan fingerprint density at radius 1 is 1.05 bits per heavy atom. The van der Waals surface area contributed by atoms with Crippen LogP contribution in [0.5, 0.6) is 0 Å². The zero-order valence-electron chi connectivity index (χ0n) is 24.2. The Labute approximate surface area is 262 Å². The van der Waals surface area contributed by atoms with Crippen LogP contribution in [-0.4, -0.2) is 40.2 Å². The number of hydrogen-bond acceptors (Lipinski definition) is 6. The van der Waals surface area contributed by atoms with Crippen molar-refractivity contribution in [3.63, 3.8) is 0 Å². The predicted molar refractivity (Wildman–Crippen MR) is 167 cm³/mol. The molecule has 0 aliphatic carbocycles. The van der Waals surface area contributed by atoms with Gasteiger partial charge >= 0.3 is 0 Å². The third-order valence-electron chi connectivity index (χ3n) is 7.83. The highest BCUT2D eigenvalue weighted by Crippen LogP contribution is 2.35. The van der Waals surface area contributed by atoms with E-state index in [4.69, 9.17) is 23.2 Å². The zero-order chi connectivity index (χ0) is 31.1. The summed E-state index contributed by atoms with van der Waals surface area (Å²) in [7, 11) is 0. The number of carbonyl (C=O) groups is 1. The number of rotatable bonds is 4. The van der Waals surface area contributed by atoms with Crippen LogP contribution in [0.3, 0.4) is 0 Å². The standard InChI is InChI=1S/C31H29Cl2FN8O2/c1-17(2)42-30-19-9-10-35-24(11-19)27(6-4-5-18(3)31(44)37-25(30)14-36-42)40-15-23(34)21(13-29(40)43)22-12-20(32)7-8-26(22)41-16-28(33)38-39-41/h7-18,27H,4-6H2,1-3H3,(H,37,44)/t18-,27+/m1/s1. The number of aromatic nitrogens is 7. The Bertz CT molecular complexity index is 1930. The van der Waals surface area contributed by atoms with Crippen LogP contribution in [0.15, 0.2) is 66.0 Å². The SMILES string of the molecule is CC(C)n1ncc2c1-c1ccnc(c1)[C@@H](n1cc(F)c(-c3cc(Cl)ccc3-n3cc(Cl)nn3)cc1=O)CCC[C@@H](C)C(=O)N2. The fraction of sp³-hybridized carbons (Fsp3) is 0.290. The normalized spacial score (nSPS) is 17.1. The highest BCUT2D eigenvalue weighted by Gasteiger charge is 2.26. The molecule has 0 unspecified atom stereocenters. The van der Waals surface area contributed by atoms with E-state index in [1.54, 1.807) is 30.6 Å². The first kappa shape index (κ1) is 29.7. The summed E-state index contributed by atoms with van der Waals surface area (Å²) in [6, 6.07) is 9.26. The smallest absolute Gasteiger partial charge is 0.251 e. The molecule has 44 heavy (non-hydrogen) atoms. The van der Waals surface area contributed by atoms with Gasteiger partial charge in [0, 0.05) is 52.1 Å². The lowest BCUT2D eigenvalue weighted by Crippen LogP contribution is -2.27. The Hall–Kier alpha value is -4.35. The summed E-state index contributed by atoms with van der Waals surface area (Å²) in [6.45, 7) is 5.88. The largest absolute Gasteiger partial charge is 0.323 e. The highest BCUT2D eigenvalue weighted by molar-refractivity contribution is 6.31. The topological polar surface area (TPSA) is 113 Å². The van der Waals surface area contributed by atoms with Gasteiger partial charge in [0.25, 0.3) is 5.56 Å². The number of halogens is 3. The molecule has 13 heteroatoms. The zero-order valence-corrected chi connectivity index (χ0v) is 25.7. The Balaban J connectivity index is 1.48. The minimum absolute atomic E-state index is 0.0163. The van der Waals surface area contributed by atoms with Crippen molar-refractivity contribution in [2.24, 2.45) is 5.92 Å². The molecule has 2 atom stereocenters. The van der Waals surface area contributed by atoms with Gasteiger partial charge in [0.1, 0.15) is 5.82 Å². The van der Waals surface area contributed by atoms with Crippen molar-refractivity contribution in [2.75, 3.05) is 5.32 Å². The molecular formula is C31H29Cl2FN8O2. The number of fused-ring (bicyclic) bond motifs is 4. The molecule has 5 aromatic rings. The molecule has 10 nitrogen and oxygen atoms in total. The molecule has 2 bridgehead atoms. The van der Waals surface area contributed by atoms with Gasteiger partial charge in [0.15, 0.2) is 5.15 Å². The maximum atomic E-state index is 16.1. The third-order valence-corrected chi connectivity index (χ3v) is 8.24. The first-order chi connectivity index (χ1) is 21.1. The highest BCUT2D eigenvalue weighted by atomic mass is 35.5. The Morgan fingerprint density at radius 2 is 1.86 bits per heavy atom. The summed E-state index contributed by atoms with van der Waals surface area (Å²) >= 11 is 12.3. The van der Waals surface area contributed by atoms with Crippen molar-refractivity contribution >= 4 is 34.8 Å². The van der Waals surface area contributed by atoms with Gasteiger partial charge in [0.2, 0.25) is 5.91 Å². The monoisotopic (exact) mass is 634 g/mol. The summed E-state index contributed by atoms with van der Waals surface area (Å²) in [6.07, 6.45) is 7.63. The second-order valence-corrected chi connectivity index (χ2v) is 12.0. The molecule has 1 aromatic carbocycles. The Morgan fingerprint density at radius 3 is 2.61 bits per heavy atom. The molecule has 226 valence electrons. The van der Waals surface area contributed by atoms with Gasteiger partial charge in [-0.05, 0) is 57.0 Å². The first-order valence-corrected chi connectivity index (χ1v) is 15.0. The van der Waals surface area contributed by atoms with E-state index in [1.807, 2.05) is 37.6 Å². The lowest BCUT2D eigenvalue weighted by Gasteiger charge is -2.23. The number of anilines is 1. The molecule has 1 amide bonds. The summed E-state index contributed by atoms with van der Waals surface area (Å²) in [4.78, 5) is 31.5. The van der Waals surface area contributed by atoms with E-state index in [0.29, 0.717) is 46.9 Å². The molecule has 1 N–H and O–H groups in total. The number of benzene rings is 1. The van der Waals surface area contributed by atoms with Gasteiger partial charge in [-0.1, -0.05) is 41.8 Å². The number of pyridine rings is 2. The lowest BCUT2D eigenvalue weighted by molar-refractivity contribution is -0.119. The van der Waals surface area contributed by atoms with Gasteiger partial charge in [-0.15, -0.1) is 5.10 Å². The molecule has 6 rings (SSSR count). The fourth-order valence-corrected chi connectivity index (χ4v) is 5.90. The van der Waals surface area contributed by atoms with Crippen LogP contribution in [0.4, 0.5) is 10.1 Å². The summed E-state index contributed by atoms with van der Waals surface area (Å²) < 4.78 is 20.7. The molecule has 0 saturated carbocycles. The predicted octanol–water partition coefficient (Wildman–Crippen LogP) is 6.73. The van der Waals surface area contributed by atoms with Gasteiger partial charge in [-0.2, -0.15) is 5.10 Å². The van der Waals surface area contributed by atoms with E-state index in [2.05, 4.69) is 25.7 Å². The molecule has 0 fully saturated rings. The van der Waals surface area contributed by atoms with E-state index < -0.39 is 17.4 Å². The number of carbonyl (C=O) groups excluding carboxylic acids is 1. The van der Waals surface area contributed by atoms with Gasteiger partial charge in [-0.25, -0.2) is 9.07 Å². The van der Waals surface area contributed by atoms with Gasteiger partial charge in [-0.3, -0.25) is 19.3 Å². The number of nitrogens with zero attached hydrogens (tertiary/aromatic N) is 7. The van der Waals surface area contributed by atoms with Gasteiger partial charge < -0.3 is 9.88 Å². The van der Waals surface area contributed by atoms with Crippen molar-refractivity contribution in [3.05, 3.63) is 93.2 Å². The quantitative estimate of drug-likeness (QED) is 0.235. The molecule has 0 radical (unpaired) electrons. The second kappa shape index (κ2) is 12.0. The van der Waals surface area contributed by atoms with Crippen molar-refractivity contribution < 1.29 is 9.18 Å². The van der Waals surface area contributed by atoms with Crippen LogP contribution in [-0.2, 0) is 4.79 Å². The molecule has 4 aromatic heterocycles. The molecule has 5 heterocycles. The van der Waals surface area contributed by atoms with Crippen LogP contribution in [0.2, 0.25) is 10.2 Å². The number of hydrogen-bond donors (Lipinski definition) is 1. The number of nitrogens with one attached hydrogen (secondary N) is 1. The van der Waals surface area contributed by atoms with Crippen molar-refractivity contribution in [1.29, 1.82) is 0 Å². The van der Waals surface area contributed by atoms with Crippen LogP contribution >= 0.6 is 23.2 Å².